The van der Waals surface area contributed by atoms with Crippen LogP contribution in [-0.4, -0.2) is 83.6 Å². The van der Waals surface area contributed by atoms with Crippen LogP contribution in [0.25, 0.3) is 10.9 Å². The van der Waals surface area contributed by atoms with Crippen molar-refractivity contribution in [3.8, 4) is 11.5 Å². The topological polar surface area (TPSA) is 151 Å². The van der Waals surface area contributed by atoms with E-state index in [-0.39, 0.29) is 12.8 Å². The fourth-order valence-electron chi connectivity index (χ4n) is 3.98. The Kier molecular flexibility index (Phi) is 7.42. The van der Waals surface area contributed by atoms with E-state index < -0.39 is 11.7 Å². The number of Topliss-reactive ketones (excluding diaryl/α,β-unsaturated/α-hetero) is 1. The van der Waals surface area contributed by atoms with Gasteiger partial charge in [0.15, 0.2) is 17.4 Å². The number of rotatable bonds is 8. The molecule has 0 atom stereocenters. The van der Waals surface area contributed by atoms with Crippen molar-refractivity contribution in [1.82, 2.24) is 19.9 Å². The van der Waals surface area contributed by atoms with Crippen molar-refractivity contribution >= 4 is 46.4 Å². The zero-order valence-electron chi connectivity index (χ0n) is 20.4. The number of amides is 1. The lowest BCUT2D eigenvalue weighted by Gasteiger charge is -2.35. The van der Waals surface area contributed by atoms with Crippen molar-refractivity contribution in [3.63, 3.8) is 0 Å². The second kappa shape index (κ2) is 10.8. The molecule has 1 aliphatic heterocycles. The van der Waals surface area contributed by atoms with Gasteiger partial charge in [-0.1, -0.05) is 0 Å². The number of piperazine rings is 1. The number of methoxy groups -OCH3 is 1. The van der Waals surface area contributed by atoms with E-state index in [9.17, 15) is 9.59 Å². The molecule has 0 spiro atoms. The summed E-state index contributed by atoms with van der Waals surface area (Å²) in [4.78, 5) is 49.8. The zero-order chi connectivity index (χ0) is 25.7. The third-order valence-corrected chi connectivity index (χ3v) is 5.67. The van der Waals surface area contributed by atoms with Crippen LogP contribution in [0.5, 0.6) is 11.5 Å². The highest BCUT2D eigenvalue weighted by Gasteiger charge is 2.30. The number of anilines is 1. The predicted molar refractivity (Wildman–Crippen MR) is 139 cm³/mol. The number of aliphatic imine (C=N–C) groups is 2. The van der Waals surface area contributed by atoms with Crippen LogP contribution in [0.1, 0.15) is 25.6 Å². The van der Waals surface area contributed by atoms with E-state index in [2.05, 4.69) is 29.8 Å². The molecule has 0 saturated carbocycles. The summed E-state index contributed by atoms with van der Waals surface area (Å²) >= 11 is 0. The number of H-pyrrole nitrogens is 1. The lowest BCUT2D eigenvalue weighted by molar-refractivity contribution is -0.126. The number of carbonyl (C=O) groups excluding carboxylic acids is 2. The second-order valence-electron chi connectivity index (χ2n) is 7.98. The van der Waals surface area contributed by atoms with E-state index in [1.807, 2.05) is 19.1 Å². The molecule has 190 valence electrons. The summed E-state index contributed by atoms with van der Waals surface area (Å²) in [6.45, 7) is 5.88. The Morgan fingerprint density at radius 1 is 1.25 bits per heavy atom. The van der Waals surface area contributed by atoms with Crippen LogP contribution < -0.4 is 20.1 Å². The molecule has 1 saturated heterocycles. The van der Waals surface area contributed by atoms with Crippen molar-refractivity contribution in [2.24, 2.45) is 15.7 Å². The number of hydrogen-bond donors (Lipinski definition) is 2. The SMILES string of the molecule is CCOc1cccnc1N1CCN(C(=O)C(=O)c2c[nH]c3c(N=CN=C(C)N)ncc(OC)c23)CC1.[HH]. The van der Waals surface area contributed by atoms with Crippen LogP contribution in [0.4, 0.5) is 11.6 Å². The maximum atomic E-state index is 13.3. The summed E-state index contributed by atoms with van der Waals surface area (Å²) in [5.74, 6) is 1.18. The maximum absolute atomic E-state index is 13.3. The van der Waals surface area contributed by atoms with Crippen molar-refractivity contribution in [2.45, 2.75) is 13.8 Å². The van der Waals surface area contributed by atoms with Gasteiger partial charge in [-0.3, -0.25) is 9.59 Å². The number of hydrogen-bond acceptors (Lipinski definition) is 8. The molecule has 0 unspecified atom stereocenters. The fourth-order valence-corrected chi connectivity index (χ4v) is 3.98. The summed E-state index contributed by atoms with van der Waals surface area (Å²) in [7, 11) is 1.47. The van der Waals surface area contributed by atoms with Gasteiger partial charge in [0.25, 0.3) is 11.7 Å². The molecule has 1 aliphatic rings. The molecule has 1 amide bonds. The number of carbonyl (C=O) groups is 2. The number of pyridine rings is 2. The Balaban J connectivity index is 0.00000380. The average Bonchev–Trinajstić information content (AvgIpc) is 3.34. The molecule has 0 bridgehead atoms. The number of ether oxygens (including phenoxy) is 2. The second-order valence-corrected chi connectivity index (χ2v) is 7.98. The van der Waals surface area contributed by atoms with Gasteiger partial charge in [0.1, 0.15) is 12.1 Å². The summed E-state index contributed by atoms with van der Waals surface area (Å²) in [6, 6.07) is 3.69. The quantitative estimate of drug-likeness (QED) is 0.209. The fraction of sp³-hybridized carbons (Fsp3) is 0.333. The van der Waals surface area contributed by atoms with Gasteiger partial charge in [0.2, 0.25) is 0 Å². The first-order valence-electron chi connectivity index (χ1n) is 11.5. The molecule has 4 rings (SSSR count). The highest BCUT2D eigenvalue weighted by molar-refractivity contribution is 6.45. The highest BCUT2D eigenvalue weighted by atomic mass is 16.5. The average molecular weight is 495 g/mol. The van der Waals surface area contributed by atoms with Crippen molar-refractivity contribution < 1.29 is 20.5 Å². The Hall–Kier alpha value is -4.48. The van der Waals surface area contributed by atoms with Gasteiger partial charge < -0.3 is 30.0 Å². The Bertz CT molecular complexity index is 1330. The number of nitrogens with zero attached hydrogens (tertiary/aromatic N) is 6. The largest absolute Gasteiger partial charge is 0.494 e. The summed E-state index contributed by atoms with van der Waals surface area (Å²) in [5, 5.41) is 0.430. The van der Waals surface area contributed by atoms with Gasteiger partial charge in [-0.2, -0.15) is 0 Å². The van der Waals surface area contributed by atoms with E-state index in [4.69, 9.17) is 15.2 Å². The Labute approximate surface area is 209 Å². The maximum Gasteiger partial charge on any atom is 0.295 e. The third kappa shape index (κ3) is 4.97. The minimum atomic E-state index is -0.641. The molecule has 0 aromatic carbocycles. The molecule has 3 aromatic heterocycles. The molecule has 1 fully saturated rings. The van der Waals surface area contributed by atoms with Gasteiger partial charge in [-0.25, -0.2) is 20.0 Å². The number of ketones is 1. The van der Waals surface area contributed by atoms with Gasteiger partial charge in [-0.15, -0.1) is 0 Å². The van der Waals surface area contributed by atoms with Crippen LogP contribution >= 0.6 is 0 Å². The van der Waals surface area contributed by atoms with Crippen LogP contribution in [-0.2, 0) is 4.79 Å². The molecule has 0 aliphatic carbocycles. The zero-order valence-corrected chi connectivity index (χ0v) is 20.4. The number of aromatic nitrogens is 3. The molecule has 0 radical (unpaired) electrons. The number of fused-ring (bicyclic) bond motifs is 1. The number of amidine groups is 1. The van der Waals surface area contributed by atoms with E-state index in [1.54, 1.807) is 18.0 Å². The number of nitrogens with two attached hydrogens (primary N) is 1. The van der Waals surface area contributed by atoms with E-state index in [1.165, 1.54) is 25.8 Å². The normalized spacial score (nSPS) is 14.5. The molecular formula is C24H30N8O4. The van der Waals surface area contributed by atoms with Crippen LogP contribution in [0, 0.1) is 0 Å². The van der Waals surface area contributed by atoms with E-state index >= 15 is 0 Å². The monoisotopic (exact) mass is 494 g/mol. The molecule has 12 nitrogen and oxygen atoms in total. The molecule has 12 heteroatoms. The summed E-state index contributed by atoms with van der Waals surface area (Å²) in [5.41, 5.74) is 6.18. The molecule has 3 N–H and O–H groups in total. The summed E-state index contributed by atoms with van der Waals surface area (Å²) in [6.07, 6.45) is 5.91. The third-order valence-electron chi connectivity index (χ3n) is 5.67. The van der Waals surface area contributed by atoms with Crippen molar-refractivity contribution in [3.05, 3.63) is 36.3 Å². The van der Waals surface area contributed by atoms with Gasteiger partial charge in [0.05, 0.1) is 42.2 Å². The van der Waals surface area contributed by atoms with E-state index in [0.29, 0.717) is 61.0 Å². The molecule has 3 aromatic rings. The Morgan fingerprint density at radius 3 is 2.72 bits per heavy atom. The first-order valence-corrected chi connectivity index (χ1v) is 11.5. The Morgan fingerprint density at radius 2 is 2.03 bits per heavy atom. The smallest absolute Gasteiger partial charge is 0.295 e. The van der Waals surface area contributed by atoms with Crippen LogP contribution in [0.3, 0.4) is 0 Å². The number of nitrogens with one attached hydrogen (secondary N) is 1. The van der Waals surface area contributed by atoms with Crippen molar-refractivity contribution in [2.75, 3.05) is 44.8 Å². The number of aromatic amines is 1. The molecule has 36 heavy (non-hydrogen) atoms. The van der Waals surface area contributed by atoms with Crippen LogP contribution in [0.15, 0.2) is 40.7 Å². The van der Waals surface area contributed by atoms with Gasteiger partial charge in [0, 0.05) is 40.0 Å². The van der Waals surface area contributed by atoms with Gasteiger partial charge >= 0.3 is 0 Å². The van der Waals surface area contributed by atoms with Crippen molar-refractivity contribution in [1.29, 1.82) is 0 Å². The standard InChI is InChI=1S/C24H28N8O4.H2/c1-4-36-17-6-5-7-26-23(17)31-8-10-32(11-9-31)24(34)21(33)16-12-27-20-19(16)18(35-3)13-28-22(20)30-14-29-15(2)25;/h5-7,12-14,27H,4,8-11H2,1-3H3,(H2,25,28,29,30);1H. The first-order chi connectivity index (χ1) is 17.4. The minimum Gasteiger partial charge on any atom is -0.494 e. The lowest BCUT2D eigenvalue weighted by Crippen LogP contribution is -2.51. The lowest BCUT2D eigenvalue weighted by atomic mass is 10.1. The molecular weight excluding hydrogens is 464 g/mol. The highest BCUT2D eigenvalue weighted by Crippen LogP contribution is 2.34. The summed E-state index contributed by atoms with van der Waals surface area (Å²) < 4.78 is 11.1. The predicted octanol–water partition coefficient (Wildman–Crippen LogP) is 2.18. The molecule has 4 heterocycles. The van der Waals surface area contributed by atoms with E-state index in [0.717, 1.165) is 5.82 Å². The minimum absolute atomic E-state index is 0. The van der Waals surface area contributed by atoms with Gasteiger partial charge in [-0.05, 0) is 26.0 Å². The first kappa shape index (κ1) is 24.6. The van der Waals surface area contributed by atoms with Crippen LogP contribution in [0.2, 0.25) is 0 Å².